The van der Waals surface area contributed by atoms with Gasteiger partial charge in [-0.15, -0.1) is 11.3 Å². The molecule has 1 amide bonds. The van der Waals surface area contributed by atoms with Gasteiger partial charge < -0.3 is 14.8 Å². The smallest absolute Gasteiger partial charge is 0.230 e. The van der Waals surface area contributed by atoms with Crippen molar-refractivity contribution in [1.29, 1.82) is 0 Å². The molecular formula is C21H21ClN2O3S. The number of hydrogen-bond donors (Lipinski definition) is 1. The van der Waals surface area contributed by atoms with Crippen LogP contribution in [0.3, 0.4) is 0 Å². The van der Waals surface area contributed by atoms with Crippen LogP contribution in [0.25, 0.3) is 10.6 Å². The number of ether oxygens (including phenoxy) is 2. The molecule has 5 nitrogen and oxygen atoms in total. The number of nitrogens with zero attached hydrogens (tertiary/aromatic N) is 1. The molecule has 0 bridgehead atoms. The van der Waals surface area contributed by atoms with Crippen molar-refractivity contribution in [3.63, 3.8) is 0 Å². The molecule has 0 atom stereocenters. The third-order valence-corrected chi connectivity index (χ3v) is 5.01. The number of aromatic nitrogens is 1. The summed E-state index contributed by atoms with van der Waals surface area (Å²) in [6.45, 7) is 4.87. The highest BCUT2D eigenvalue weighted by atomic mass is 35.5. The molecule has 3 rings (SSSR count). The van der Waals surface area contributed by atoms with Gasteiger partial charge in [0.1, 0.15) is 16.5 Å². The molecule has 0 aliphatic rings. The van der Waals surface area contributed by atoms with Gasteiger partial charge in [0, 0.05) is 22.0 Å². The molecule has 0 radical (unpaired) electrons. The zero-order valence-electron chi connectivity index (χ0n) is 15.7. The summed E-state index contributed by atoms with van der Waals surface area (Å²) in [4.78, 5) is 17.1. The fourth-order valence-electron chi connectivity index (χ4n) is 2.62. The number of carbonyl (C=O) groups excluding carboxylic acids is 1. The number of rotatable bonds is 8. The molecule has 1 heterocycles. The Hall–Kier alpha value is -2.57. The maximum absolute atomic E-state index is 12.5. The Morgan fingerprint density at radius 1 is 1.11 bits per heavy atom. The van der Waals surface area contributed by atoms with Gasteiger partial charge in [-0.3, -0.25) is 4.79 Å². The number of hydrogen-bond acceptors (Lipinski definition) is 5. The maximum Gasteiger partial charge on any atom is 0.230 e. The van der Waals surface area contributed by atoms with E-state index in [0.717, 1.165) is 10.6 Å². The first kappa shape index (κ1) is 20.2. The Balaban J connectivity index is 1.70. The second kappa shape index (κ2) is 9.57. The number of carbonyl (C=O) groups is 1. The molecule has 28 heavy (non-hydrogen) atoms. The van der Waals surface area contributed by atoms with Crippen molar-refractivity contribution >= 4 is 34.5 Å². The van der Waals surface area contributed by atoms with E-state index in [4.69, 9.17) is 21.1 Å². The average Bonchev–Trinajstić information content (AvgIpc) is 3.13. The van der Waals surface area contributed by atoms with E-state index < -0.39 is 0 Å². The Kier molecular flexibility index (Phi) is 6.90. The zero-order valence-corrected chi connectivity index (χ0v) is 17.3. The third kappa shape index (κ3) is 5.24. The minimum atomic E-state index is -0.164. The van der Waals surface area contributed by atoms with E-state index in [1.807, 2.05) is 49.6 Å². The fraction of sp³-hybridized carbons (Fsp3) is 0.238. The average molecular weight is 417 g/mol. The molecular weight excluding hydrogens is 396 g/mol. The Morgan fingerprint density at radius 2 is 1.86 bits per heavy atom. The van der Waals surface area contributed by atoms with Crippen molar-refractivity contribution in [3.8, 4) is 22.1 Å². The van der Waals surface area contributed by atoms with Gasteiger partial charge in [-0.1, -0.05) is 23.7 Å². The number of halogens is 1. The SMILES string of the molecule is CCOc1ccc(OCC)c(NC(=O)Cc2csc(-c3ccc(Cl)cc3)n2)c1. The summed E-state index contributed by atoms with van der Waals surface area (Å²) in [5, 5.41) is 6.33. The minimum absolute atomic E-state index is 0.164. The summed E-state index contributed by atoms with van der Waals surface area (Å²) in [7, 11) is 0. The van der Waals surface area contributed by atoms with E-state index in [-0.39, 0.29) is 12.3 Å². The lowest BCUT2D eigenvalue weighted by Gasteiger charge is -2.13. The molecule has 0 fully saturated rings. The largest absolute Gasteiger partial charge is 0.494 e. The molecule has 0 spiro atoms. The van der Waals surface area contributed by atoms with Crippen LogP contribution in [-0.4, -0.2) is 24.1 Å². The van der Waals surface area contributed by atoms with E-state index >= 15 is 0 Å². The number of thiazole rings is 1. The lowest BCUT2D eigenvalue weighted by atomic mass is 10.2. The van der Waals surface area contributed by atoms with E-state index in [1.165, 1.54) is 11.3 Å². The highest BCUT2D eigenvalue weighted by Gasteiger charge is 2.13. The number of anilines is 1. The standard InChI is InChI=1S/C21H21ClN2O3S/c1-3-26-17-9-10-19(27-4-2)18(12-17)24-20(25)11-16-13-28-21(23-16)14-5-7-15(22)8-6-14/h5-10,12-13H,3-4,11H2,1-2H3,(H,24,25). The number of benzene rings is 2. The molecule has 0 aliphatic heterocycles. The Morgan fingerprint density at radius 3 is 2.57 bits per heavy atom. The second-order valence-corrected chi connectivity index (χ2v) is 7.19. The monoisotopic (exact) mass is 416 g/mol. The summed E-state index contributed by atoms with van der Waals surface area (Å²) in [6.07, 6.45) is 0.175. The number of amides is 1. The van der Waals surface area contributed by atoms with Crippen molar-refractivity contribution in [2.75, 3.05) is 18.5 Å². The van der Waals surface area contributed by atoms with Crippen LogP contribution in [0.1, 0.15) is 19.5 Å². The normalized spacial score (nSPS) is 10.5. The maximum atomic E-state index is 12.5. The Labute approximate surface area is 173 Å². The van der Waals surface area contributed by atoms with Crippen molar-refractivity contribution in [1.82, 2.24) is 4.98 Å². The van der Waals surface area contributed by atoms with Gasteiger partial charge in [0.15, 0.2) is 0 Å². The van der Waals surface area contributed by atoms with Gasteiger partial charge in [-0.25, -0.2) is 4.98 Å². The molecule has 1 aromatic heterocycles. The van der Waals surface area contributed by atoms with Crippen molar-refractivity contribution in [2.45, 2.75) is 20.3 Å². The first-order valence-corrected chi connectivity index (χ1v) is 10.2. The molecule has 0 saturated carbocycles. The molecule has 1 N–H and O–H groups in total. The van der Waals surface area contributed by atoms with Gasteiger partial charge in [-0.2, -0.15) is 0 Å². The second-order valence-electron chi connectivity index (χ2n) is 5.90. The van der Waals surface area contributed by atoms with E-state index in [1.54, 1.807) is 12.1 Å². The van der Waals surface area contributed by atoms with Gasteiger partial charge in [-0.05, 0) is 38.1 Å². The predicted octanol–water partition coefficient (Wildman–Crippen LogP) is 5.44. The summed E-state index contributed by atoms with van der Waals surface area (Å²) >= 11 is 7.43. The molecule has 0 unspecified atom stereocenters. The van der Waals surface area contributed by atoms with Crippen LogP contribution in [-0.2, 0) is 11.2 Å². The van der Waals surface area contributed by atoms with Crippen LogP contribution >= 0.6 is 22.9 Å². The van der Waals surface area contributed by atoms with Gasteiger partial charge in [0.05, 0.1) is 31.0 Å². The van der Waals surface area contributed by atoms with Crippen LogP contribution in [0.15, 0.2) is 47.8 Å². The van der Waals surface area contributed by atoms with Crippen LogP contribution in [0.2, 0.25) is 5.02 Å². The highest BCUT2D eigenvalue weighted by Crippen LogP contribution is 2.30. The summed E-state index contributed by atoms with van der Waals surface area (Å²) < 4.78 is 11.1. The van der Waals surface area contributed by atoms with E-state index in [2.05, 4.69) is 10.3 Å². The molecule has 3 aromatic rings. The van der Waals surface area contributed by atoms with Gasteiger partial charge in [0.25, 0.3) is 0 Å². The fourth-order valence-corrected chi connectivity index (χ4v) is 3.57. The van der Waals surface area contributed by atoms with E-state index in [9.17, 15) is 4.79 Å². The lowest BCUT2D eigenvalue weighted by molar-refractivity contribution is -0.115. The summed E-state index contributed by atoms with van der Waals surface area (Å²) in [5.41, 5.74) is 2.28. The first-order chi connectivity index (χ1) is 13.6. The van der Waals surface area contributed by atoms with Crippen molar-refractivity contribution in [2.24, 2.45) is 0 Å². The van der Waals surface area contributed by atoms with E-state index in [0.29, 0.717) is 41.1 Å². The first-order valence-electron chi connectivity index (χ1n) is 8.99. The predicted molar refractivity (Wildman–Crippen MR) is 114 cm³/mol. The van der Waals surface area contributed by atoms with Crippen LogP contribution in [0.5, 0.6) is 11.5 Å². The summed E-state index contributed by atoms with van der Waals surface area (Å²) in [5.74, 6) is 1.13. The third-order valence-electron chi connectivity index (χ3n) is 3.82. The van der Waals surface area contributed by atoms with Crippen molar-refractivity contribution < 1.29 is 14.3 Å². The minimum Gasteiger partial charge on any atom is -0.494 e. The Bertz CT molecular complexity index is 941. The molecule has 2 aromatic carbocycles. The summed E-state index contributed by atoms with van der Waals surface area (Å²) in [6, 6.07) is 12.9. The zero-order chi connectivity index (χ0) is 19.9. The molecule has 7 heteroatoms. The topological polar surface area (TPSA) is 60.5 Å². The van der Waals surface area contributed by atoms with Crippen molar-refractivity contribution in [3.05, 3.63) is 58.6 Å². The van der Waals surface area contributed by atoms with Gasteiger partial charge >= 0.3 is 0 Å². The molecule has 0 aliphatic carbocycles. The molecule has 0 saturated heterocycles. The number of nitrogens with one attached hydrogen (secondary N) is 1. The van der Waals surface area contributed by atoms with Crippen LogP contribution in [0.4, 0.5) is 5.69 Å². The van der Waals surface area contributed by atoms with Gasteiger partial charge in [0.2, 0.25) is 5.91 Å². The van der Waals surface area contributed by atoms with Crippen LogP contribution < -0.4 is 14.8 Å². The highest BCUT2D eigenvalue weighted by molar-refractivity contribution is 7.13. The quantitative estimate of drug-likeness (QED) is 0.531. The van der Waals surface area contributed by atoms with Crippen LogP contribution in [0, 0.1) is 0 Å². The lowest BCUT2D eigenvalue weighted by Crippen LogP contribution is -2.15. The molecule has 146 valence electrons.